The molecule has 0 bridgehead atoms. The van der Waals surface area contributed by atoms with Crippen LogP contribution in [0.5, 0.6) is 0 Å². The molecule has 2 nitrogen and oxygen atoms in total. The smallest absolute Gasteiger partial charge is 0.0340 e. The minimum absolute atomic E-state index is 1.05. The van der Waals surface area contributed by atoms with Gasteiger partial charge in [-0.3, -0.25) is 0 Å². The van der Waals surface area contributed by atoms with E-state index in [0.717, 1.165) is 6.54 Å². The molecule has 0 aliphatic rings. The molecule has 0 unspecified atom stereocenters. The van der Waals surface area contributed by atoms with Crippen LogP contribution < -0.4 is 5.32 Å². The number of benzene rings is 1. The second-order valence-electron chi connectivity index (χ2n) is 3.94. The van der Waals surface area contributed by atoms with Crippen LogP contribution in [0, 0.1) is 0 Å². The molecule has 3 heteroatoms. The molecule has 90 valence electrons. The third-order valence-corrected chi connectivity index (χ3v) is 3.09. The van der Waals surface area contributed by atoms with Gasteiger partial charge < -0.3 is 10.2 Å². The minimum atomic E-state index is 1.05. The molecule has 0 saturated carbocycles. The number of nitrogens with one attached hydrogen (secondary N) is 1. The molecule has 1 rings (SSSR count). The van der Waals surface area contributed by atoms with Crippen molar-refractivity contribution < 1.29 is 0 Å². The molecule has 1 aromatic rings. The molecular formula is C13H22N2S. The standard InChI is InChI=1S/C13H22N2S/c1-15(11-12-16-2)10-6-9-14-13-7-4-3-5-8-13/h3-5,7-8,14H,6,9-12H2,1-2H3. The number of thioether (sulfide) groups is 1. The highest BCUT2D eigenvalue weighted by atomic mass is 32.2. The molecule has 1 N–H and O–H groups in total. The predicted octanol–water partition coefficient (Wildman–Crippen LogP) is 2.78. The van der Waals surface area contributed by atoms with Crippen molar-refractivity contribution in [3.05, 3.63) is 30.3 Å². The molecular weight excluding hydrogens is 216 g/mol. The van der Waals surface area contributed by atoms with Gasteiger partial charge in [-0.15, -0.1) is 0 Å². The van der Waals surface area contributed by atoms with Gasteiger partial charge in [-0.05, 0) is 38.4 Å². The summed E-state index contributed by atoms with van der Waals surface area (Å²) in [5.41, 5.74) is 1.22. The maximum Gasteiger partial charge on any atom is 0.0340 e. The quantitative estimate of drug-likeness (QED) is 0.701. The van der Waals surface area contributed by atoms with Crippen LogP contribution >= 0.6 is 11.8 Å². The summed E-state index contributed by atoms with van der Waals surface area (Å²) < 4.78 is 0. The zero-order valence-electron chi connectivity index (χ0n) is 10.3. The van der Waals surface area contributed by atoms with Crippen LogP contribution in [0.3, 0.4) is 0 Å². The Kier molecular flexibility index (Phi) is 7.10. The first kappa shape index (κ1) is 13.4. The van der Waals surface area contributed by atoms with E-state index in [4.69, 9.17) is 0 Å². The average Bonchev–Trinajstić information content (AvgIpc) is 2.33. The van der Waals surface area contributed by atoms with Gasteiger partial charge in [-0.25, -0.2) is 0 Å². The lowest BCUT2D eigenvalue weighted by atomic mass is 10.3. The highest BCUT2D eigenvalue weighted by Gasteiger charge is 1.96. The van der Waals surface area contributed by atoms with Crippen molar-refractivity contribution in [2.24, 2.45) is 0 Å². The number of nitrogens with zero attached hydrogens (tertiary/aromatic N) is 1. The van der Waals surface area contributed by atoms with E-state index in [2.05, 4.69) is 47.8 Å². The van der Waals surface area contributed by atoms with Gasteiger partial charge in [0.25, 0.3) is 0 Å². The summed E-state index contributed by atoms with van der Waals surface area (Å²) in [6.45, 7) is 3.40. The zero-order chi connectivity index (χ0) is 11.6. The van der Waals surface area contributed by atoms with Gasteiger partial charge in [-0.1, -0.05) is 18.2 Å². The van der Waals surface area contributed by atoms with Crippen LogP contribution in [0.2, 0.25) is 0 Å². The van der Waals surface area contributed by atoms with Gasteiger partial charge in [0.1, 0.15) is 0 Å². The first-order valence-electron chi connectivity index (χ1n) is 5.79. The van der Waals surface area contributed by atoms with E-state index in [9.17, 15) is 0 Å². The van der Waals surface area contributed by atoms with E-state index < -0.39 is 0 Å². The van der Waals surface area contributed by atoms with Crippen LogP contribution in [-0.2, 0) is 0 Å². The van der Waals surface area contributed by atoms with Crippen molar-refractivity contribution in [2.75, 3.05) is 44.0 Å². The predicted molar refractivity (Wildman–Crippen MR) is 75.4 cm³/mol. The van der Waals surface area contributed by atoms with Crippen molar-refractivity contribution >= 4 is 17.4 Å². The van der Waals surface area contributed by atoms with Crippen LogP contribution in [0.15, 0.2) is 30.3 Å². The van der Waals surface area contributed by atoms with Gasteiger partial charge in [0.15, 0.2) is 0 Å². The summed E-state index contributed by atoms with van der Waals surface area (Å²) in [6.07, 6.45) is 3.35. The van der Waals surface area contributed by atoms with Crippen LogP contribution in [0.1, 0.15) is 6.42 Å². The van der Waals surface area contributed by atoms with Crippen molar-refractivity contribution in [1.82, 2.24) is 4.90 Å². The maximum atomic E-state index is 3.42. The molecule has 0 amide bonds. The largest absolute Gasteiger partial charge is 0.385 e. The summed E-state index contributed by atoms with van der Waals surface area (Å²) in [5, 5.41) is 3.42. The number of para-hydroxylation sites is 1. The van der Waals surface area contributed by atoms with E-state index in [-0.39, 0.29) is 0 Å². The zero-order valence-corrected chi connectivity index (χ0v) is 11.1. The molecule has 0 aliphatic carbocycles. The fourth-order valence-electron chi connectivity index (χ4n) is 1.50. The Hall–Kier alpha value is -0.670. The van der Waals surface area contributed by atoms with Gasteiger partial charge >= 0.3 is 0 Å². The Morgan fingerprint density at radius 3 is 2.62 bits per heavy atom. The minimum Gasteiger partial charge on any atom is -0.385 e. The summed E-state index contributed by atoms with van der Waals surface area (Å²) in [5.74, 6) is 1.22. The van der Waals surface area contributed by atoms with Crippen LogP contribution in [-0.4, -0.2) is 43.6 Å². The van der Waals surface area contributed by atoms with E-state index in [0.29, 0.717) is 0 Å². The van der Waals surface area contributed by atoms with Crippen molar-refractivity contribution in [3.8, 4) is 0 Å². The summed E-state index contributed by atoms with van der Waals surface area (Å²) >= 11 is 1.91. The molecule has 1 aromatic carbocycles. The first-order chi connectivity index (χ1) is 7.83. The Balaban J connectivity index is 2.03. The lowest BCUT2D eigenvalue weighted by Gasteiger charge is -2.16. The lowest BCUT2D eigenvalue weighted by molar-refractivity contribution is 0.354. The SMILES string of the molecule is CSCCN(C)CCCNc1ccccc1. The highest BCUT2D eigenvalue weighted by Crippen LogP contribution is 2.04. The number of hydrogen-bond acceptors (Lipinski definition) is 3. The van der Waals surface area contributed by atoms with E-state index in [1.54, 1.807) is 0 Å². The molecule has 0 spiro atoms. The fraction of sp³-hybridized carbons (Fsp3) is 0.538. The normalized spacial score (nSPS) is 10.7. The molecule has 0 fully saturated rings. The number of hydrogen-bond donors (Lipinski definition) is 1. The van der Waals surface area contributed by atoms with Gasteiger partial charge in [0.05, 0.1) is 0 Å². The molecule has 0 aliphatic heterocycles. The van der Waals surface area contributed by atoms with Crippen molar-refractivity contribution in [1.29, 1.82) is 0 Å². The third-order valence-electron chi connectivity index (χ3n) is 2.50. The van der Waals surface area contributed by atoms with Crippen LogP contribution in [0.25, 0.3) is 0 Å². The summed E-state index contributed by atoms with van der Waals surface area (Å²) in [6, 6.07) is 10.4. The molecule has 16 heavy (non-hydrogen) atoms. The summed E-state index contributed by atoms with van der Waals surface area (Å²) in [7, 11) is 2.19. The second-order valence-corrected chi connectivity index (χ2v) is 4.93. The summed E-state index contributed by atoms with van der Waals surface area (Å²) in [4.78, 5) is 2.39. The van der Waals surface area contributed by atoms with Crippen molar-refractivity contribution in [2.45, 2.75) is 6.42 Å². The van der Waals surface area contributed by atoms with Crippen molar-refractivity contribution in [3.63, 3.8) is 0 Å². The first-order valence-corrected chi connectivity index (χ1v) is 7.18. The van der Waals surface area contributed by atoms with E-state index >= 15 is 0 Å². The molecule has 0 heterocycles. The highest BCUT2D eigenvalue weighted by molar-refractivity contribution is 7.98. The maximum absolute atomic E-state index is 3.42. The average molecular weight is 238 g/mol. The lowest BCUT2D eigenvalue weighted by Crippen LogP contribution is -2.24. The Morgan fingerprint density at radius 1 is 1.19 bits per heavy atom. The van der Waals surface area contributed by atoms with Gasteiger partial charge in [0.2, 0.25) is 0 Å². The molecule has 0 atom stereocenters. The van der Waals surface area contributed by atoms with Crippen LogP contribution in [0.4, 0.5) is 5.69 Å². The monoisotopic (exact) mass is 238 g/mol. The van der Waals surface area contributed by atoms with Gasteiger partial charge in [0, 0.05) is 24.5 Å². The van der Waals surface area contributed by atoms with E-state index in [1.165, 1.54) is 31.0 Å². The topological polar surface area (TPSA) is 15.3 Å². The fourth-order valence-corrected chi connectivity index (χ4v) is 1.99. The number of rotatable bonds is 8. The third kappa shape index (κ3) is 6.03. The Labute approximate surface area is 103 Å². The Bertz CT molecular complexity index is 264. The van der Waals surface area contributed by atoms with E-state index in [1.807, 2.05) is 17.8 Å². The Morgan fingerprint density at radius 2 is 1.94 bits per heavy atom. The molecule has 0 saturated heterocycles. The molecule has 0 radical (unpaired) electrons. The molecule has 0 aromatic heterocycles. The van der Waals surface area contributed by atoms with Gasteiger partial charge in [-0.2, -0.15) is 11.8 Å². The number of anilines is 1. The second kappa shape index (κ2) is 8.48.